The van der Waals surface area contributed by atoms with Crippen LogP contribution in [0.1, 0.15) is 41.4 Å². The van der Waals surface area contributed by atoms with Crippen molar-refractivity contribution in [1.29, 1.82) is 0 Å². The number of anilines is 1. The number of benzene rings is 1. The van der Waals surface area contributed by atoms with Crippen molar-refractivity contribution in [2.45, 2.75) is 32.9 Å². The number of aromatic nitrogens is 1. The third kappa shape index (κ3) is 4.55. The molecule has 5 nitrogen and oxygen atoms in total. The summed E-state index contributed by atoms with van der Waals surface area (Å²) in [6, 6.07) is 8.51. The first-order valence-electron chi connectivity index (χ1n) is 8.52. The number of thiazole rings is 1. The Bertz CT molecular complexity index is 662. The molecule has 1 fully saturated rings. The second-order valence-electron chi connectivity index (χ2n) is 6.05. The van der Waals surface area contributed by atoms with E-state index in [1.54, 1.807) is 5.38 Å². The summed E-state index contributed by atoms with van der Waals surface area (Å²) < 4.78 is 0. The van der Waals surface area contributed by atoms with Crippen molar-refractivity contribution in [3.8, 4) is 0 Å². The van der Waals surface area contributed by atoms with Crippen molar-refractivity contribution in [3.05, 3.63) is 46.5 Å². The van der Waals surface area contributed by atoms with Gasteiger partial charge in [-0.05, 0) is 44.0 Å². The van der Waals surface area contributed by atoms with E-state index in [-0.39, 0.29) is 5.91 Å². The fourth-order valence-electron chi connectivity index (χ4n) is 2.84. The molecule has 0 aliphatic carbocycles. The van der Waals surface area contributed by atoms with Gasteiger partial charge in [0.2, 0.25) is 0 Å². The lowest BCUT2D eigenvalue weighted by molar-refractivity contribution is 0.0946. The van der Waals surface area contributed by atoms with E-state index in [0.717, 1.165) is 23.8 Å². The summed E-state index contributed by atoms with van der Waals surface area (Å²) >= 11 is 1.45. The lowest BCUT2D eigenvalue weighted by Crippen LogP contribution is -2.23. The fraction of sp³-hybridized carbons (Fsp3) is 0.444. The number of carbonyl (C=O) groups excluding carboxylic acids is 1. The maximum atomic E-state index is 12.1. The van der Waals surface area contributed by atoms with Gasteiger partial charge >= 0.3 is 0 Å². The Morgan fingerprint density at radius 1 is 1.21 bits per heavy atom. The van der Waals surface area contributed by atoms with E-state index in [4.69, 9.17) is 0 Å². The van der Waals surface area contributed by atoms with Crippen molar-refractivity contribution in [2.24, 2.45) is 0 Å². The minimum absolute atomic E-state index is 0.128. The molecule has 2 N–H and O–H groups in total. The topological polar surface area (TPSA) is 57.3 Å². The summed E-state index contributed by atoms with van der Waals surface area (Å²) in [7, 11) is 0. The predicted octanol–water partition coefficient (Wildman–Crippen LogP) is 3.10. The molecule has 2 heterocycles. The Morgan fingerprint density at radius 2 is 1.92 bits per heavy atom. The molecule has 3 rings (SSSR count). The Morgan fingerprint density at radius 3 is 2.62 bits per heavy atom. The van der Waals surface area contributed by atoms with Gasteiger partial charge in [0.1, 0.15) is 5.69 Å². The van der Waals surface area contributed by atoms with Crippen LogP contribution in [-0.2, 0) is 13.1 Å². The zero-order valence-electron chi connectivity index (χ0n) is 14.0. The van der Waals surface area contributed by atoms with Crippen LogP contribution in [0.15, 0.2) is 29.6 Å². The van der Waals surface area contributed by atoms with Crippen molar-refractivity contribution >= 4 is 22.4 Å². The first-order chi connectivity index (χ1) is 11.7. The Hall–Kier alpha value is -1.92. The largest absolute Gasteiger partial charge is 0.362 e. The molecular weight excluding hydrogens is 320 g/mol. The van der Waals surface area contributed by atoms with Crippen LogP contribution in [0.2, 0.25) is 0 Å². The smallest absolute Gasteiger partial charge is 0.271 e. The lowest BCUT2D eigenvalue weighted by atomic mass is 10.1. The molecule has 128 valence electrons. The Balaban J connectivity index is 1.49. The number of carbonyl (C=O) groups is 1. The maximum absolute atomic E-state index is 12.1. The average molecular weight is 344 g/mol. The molecule has 0 unspecified atom stereocenters. The van der Waals surface area contributed by atoms with Gasteiger partial charge in [-0.3, -0.25) is 9.69 Å². The highest BCUT2D eigenvalue weighted by Gasteiger charge is 2.12. The highest BCUT2D eigenvalue weighted by Crippen LogP contribution is 2.15. The standard InChI is InChI=1S/C18H24N4OS/c1-2-19-18-21-16(13-24-18)17(23)20-11-14-5-7-15(8-6-14)12-22-9-3-4-10-22/h5-8,13H,2-4,9-12H2,1H3,(H,19,21)(H,20,23). The Kier molecular flexibility index (Phi) is 5.82. The molecule has 0 spiro atoms. The summed E-state index contributed by atoms with van der Waals surface area (Å²) in [6.45, 7) is 6.78. The van der Waals surface area contributed by atoms with Crippen LogP contribution in [-0.4, -0.2) is 35.4 Å². The van der Waals surface area contributed by atoms with E-state index in [9.17, 15) is 4.79 Å². The molecule has 0 saturated carbocycles. The van der Waals surface area contributed by atoms with E-state index in [2.05, 4.69) is 44.8 Å². The van der Waals surface area contributed by atoms with Gasteiger partial charge in [-0.1, -0.05) is 24.3 Å². The summed E-state index contributed by atoms with van der Waals surface area (Å²) in [5.74, 6) is -0.128. The number of nitrogens with one attached hydrogen (secondary N) is 2. The summed E-state index contributed by atoms with van der Waals surface area (Å²) in [5, 5.41) is 8.62. The first-order valence-corrected chi connectivity index (χ1v) is 9.40. The van der Waals surface area contributed by atoms with Crippen LogP contribution < -0.4 is 10.6 Å². The van der Waals surface area contributed by atoms with Crippen molar-refractivity contribution in [3.63, 3.8) is 0 Å². The molecule has 1 aliphatic rings. The van der Waals surface area contributed by atoms with Gasteiger partial charge in [-0.2, -0.15) is 0 Å². The summed E-state index contributed by atoms with van der Waals surface area (Å²) in [5.41, 5.74) is 2.92. The fourth-order valence-corrected chi connectivity index (χ4v) is 3.61. The minimum Gasteiger partial charge on any atom is -0.362 e. The van der Waals surface area contributed by atoms with Gasteiger partial charge in [0.15, 0.2) is 5.13 Å². The quantitative estimate of drug-likeness (QED) is 0.810. The molecule has 24 heavy (non-hydrogen) atoms. The number of hydrogen-bond donors (Lipinski definition) is 2. The van der Waals surface area contributed by atoms with Gasteiger partial charge in [-0.15, -0.1) is 11.3 Å². The Labute approximate surface area is 147 Å². The van der Waals surface area contributed by atoms with Gasteiger partial charge in [0.05, 0.1) is 0 Å². The third-order valence-electron chi connectivity index (χ3n) is 4.15. The van der Waals surface area contributed by atoms with Crippen molar-refractivity contribution < 1.29 is 4.79 Å². The average Bonchev–Trinajstić information content (AvgIpc) is 3.26. The van der Waals surface area contributed by atoms with Gasteiger partial charge in [0, 0.05) is 25.0 Å². The van der Waals surface area contributed by atoms with Crippen molar-refractivity contribution in [2.75, 3.05) is 25.0 Å². The SMILES string of the molecule is CCNc1nc(C(=O)NCc2ccc(CN3CCCC3)cc2)cs1. The second-order valence-corrected chi connectivity index (χ2v) is 6.91. The molecule has 0 radical (unpaired) electrons. The molecular formula is C18H24N4OS. The van der Waals surface area contributed by atoms with E-state index in [0.29, 0.717) is 12.2 Å². The molecule has 6 heteroatoms. The predicted molar refractivity (Wildman–Crippen MR) is 98.4 cm³/mol. The molecule has 0 bridgehead atoms. The normalized spacial score (nSPS) is 14.7. The van der Waals surface area contributed by atoms with E-state index < -0.39 is 0 Å². The van der Waals surface area contributed by atoms with Crippen LogP contribution in [0.3, 0.4) is 0 Å². The maximum Gasteiger partial charge on any atom is 0.271 e. The molecule has 1 aliphatic heterocycles. The molecule has 0 atom stereocenters. The van der Waals surface area contributed by atoms with Crippen LogP contribution in [0, 0.1) is 0 Å². The number of amides is 1. The second kappa shape index (κ2) is 8.26. The number of rotatable bonds is 7. The summed E-state index contributed by atoms with van der Waals surface area (Å²) in [6.07, 6.45) is 2.63. The van der Waals surface area contributed by atoms with E-state index >= 15 is 0 Å². The molecule has 1 amide bonds. The number of hydrogen-bond acceptors (Lipinski definition) is 5. The van der Waals surface area contributed by atoms with Gasteiger partial charge in [0.25, 0.3) is 5.91 Å². The van der Waals surface area contributed by atoms with E-state index in [1.807, 2.05) is 6.92 Å². The zero-order valence-corrected chi connectivity index (χ0v) is 14.9. The highest BCUT2D eigenvalue weighted by molar-refractivity contribution is 7.13. The van der Waals surface area contributed by atoms with Crippen LogP contribution >= 0.6 is 11.3 Å². The number of nitrogens with zero attached hydrogens (tertiary/aromatic N) is 2. The first kappa shape index (κ1) is 16.9. The molecule has 1 aromatic heterocycles. The highest BCUT2D eigenvalue weighted by atomic mass is 32.1. The minimum atomic E-state index is -0.128. The van der Waals surface area contributed by atoms with Crippen LogP contribution in [0.5, 0.6) is 0 Å². The molecule has 2 aromatic rings. The van der Waals surface area contributed by atoms with Crippen LogP contribution in [0.25, 0.3) is 0 Å². The zero-order chi connectivity index (χ0) is 16.8. The summed E-state index contributed by atoms with van der Waals surface area (Å²) in [4.78, 5) is 18.9. The molecule has 1 aromatic carbocycles. The van der Waals surface area contributed by atoms with E-state index in [1.165, 1.54) is 42.8 Å². The molecule has 1 saturated heterocycles. The van der Waals surface area contributed by atoms with Gasteiger partial charge < -0.3 is 10.6 Å². The van der Waals surface area contributed by atoms with Crippen LogP contribution in [0.4, 0.5) is 5.13 Å². The monoisotopic (exact) mass is 344 g/mol. The number of likely N-dealkylation sites (tertiary alicyclic amines) is 1. The lowest BCUT2D eigenvalue weighted by Gasteiger charge is -2.14. The van der Waals surface area contributed by atoms with Crippen molar-refractivity contribution in [1.82, 2.24) is 15.2 Å². The van der Waals surface area contributed by atoms with Gasteiger partial charge in [-0.25, -0.2) is 4.98 Å². The third-order valence-corrected chi connectivity index (χ3v) is 4.95.